The molecule has 12 heavy (non-hydrogen) atoms. The Morgan fingerprint density at radius 1 is 1.17 bits per heavy atom. The number of benzene rings is 1. The second-order valence-corrected chi connectivity index (χ2v) is 4.04. The molecule has 2 rings (SSSR count). The Hall–Kier alpha value is -0.430. The predicted octanol–water partition coefficient (Wildman–Crippen LogP) is 3.16. The van der Waals surface area contributed by atoms with Crippen LogP contribution in [0.3, 0.4) is 0 Å². The Kier molecular flexibility index (Phi) is 2.14. The average molecular weight is 178 g/mol. The summed E-state index contributed by atoms with van der Waals surface area (Å²) >= 11 is 4.43. The second kappa shape index (κ2) is 3.14. The summed E-state index contributed by atoms with van der Waals surface area (Å²) < 4.78 is 0. The van der Waals surface area contributed by atoms with E-state index in [0.717, 1.165) is 4.90 Å². The van der Waals surface area contributed by atoms with E-state index in [9.17, 15) is 0 Å². The molecule has 1 aliphatic carbocycles. The Morgan fingerprint density at radius 2 is 1.92 bits per heavy atom. The van der Waals surface area contributed by atoms with Crippen LogP contribution in [0.25, 0.3) is 0 Å². The zero-order chi connectivity index (χ0) is 8.55. The van der Waals surface area contributed by atoms with E-state index in [-0.39, 0.29) is 0 Å². The molecule has 1 aromatic rings. The van der Waals surface area contributed by atoms with E-state index in [1.807, 2.05) is 0 Å². The zero-order valence-electron chi connectivity index (χ0n) is 7.43. The van der Waals surface area contributed by atoms with E-state index < -0.39 is 0 Å². The molecule has 0 unspecified atom stereocenters. The molecular weight excluding hydrogens is 164 g/mol. The lowest BCUT2D eigenvalue weighted by Gasteiger charge is -2.18. The standard InChI is InChI=1S/C11H14S/c1-8-10-5-3-2-4-9(10)6-7-11(8)12/h6-7,12H,2-5H2,1H3. The highest BCUT2D eigenvalue weighted by molar-refractivity contribution is 7.80. The summed E-state index contributed by atoms with van der Waals surface area (Å²) in [5, 5.41) is 0. The Morgan fingerprint density at radius 3 is 2.75 bits per heavy atom. The first-order valence-corrected chi connectivity index (χ1v) is 5.04. The quantitative estimate of drug-likeness (QED) is 0.580. The molecule has 0 amide bonds. The van der Waals surface area contributed by atoms with Gasteiger partial charge >= 0.3 is 0 Å². The summed E-state index contributed by atoms with van der Waals surface area (Å²) in [7, 11) is 0. The van der Waals surface area contributed by atoms with Gasteiger partial charge in [0.1, 0.15) is 0 Å². The van der Waals surface area contributed by atoms with E-state index in [1.165, 1.54) is 31.2 Å². The molecule has 0 nitrogen and oxygen atoms in total. The summed E-state index contributed by atoms with van der Waals surface area (Å²) in [6.07, 6.45) is 5.24. The van der Waals surface area contributed by atoms with Crippen molar-refractivity contribution in [3.63, 3.8) is 0 Å². The molecule has 0 N–H and O–H groups in total. The van der Waals surface area contributed by atoms with Crippen molar-refractivity contribution in [2.45, 2.75) is 37.5 Å². The fourth-order valence-corrected chi connectivity index (χ4v) is 2.21. The summed E-state index contributed by atoms with van der Waals surface area (Å²) in [5.74, 6) is 0. The fourth-order valence-electron chi connectivity index (χ4n) is 2.00. The van der Waals surface area contributed by atoms with Crippen molar-refractivity contribution >= 4 is 12.6 Å². The van der Waals surface area contributed by atoms with Gasteiger partial charge in [-0.1, -0.05) is 6.07 Å². The van der Waals surface area contributed by atoms with Gasteiger partial charge < -0.3 is 0 Å². The van der Waals surface area contributed by atoms with Crippen molar-refractivity contribution < 1.29 is 0 Å². The van der Waals surface area contributed by atoms with Crippen LogP contribution in [0.1, 0.15) is 29.5 Å². The molecule has 0 bridgehead atoms. The highest BCUT2D eigenvalue weighted by atomic mass is 32.1. The van der Waals surface area contributed by atoms with Gasteiger partial charge in [-0.3, -0.25) is 0 Å². The van der Waals surface area contributed by atoms with Gasteiger partial charge in [0, 0.05) is 4.90 Å². The van der Waals surface area contributed by atoms with Crippen molar-refractivity contribution in [3.8, 4) is 0 Å². The number of rotatable bonds is 0. The zero-order valence-corrected chi connectivity index (χ0v) is 8.32. The van der Waals surface area contributed by atoms with E-state index in [4.69, 9.17) is 0 Å². The monoisotopic (exact) mass is 178 g/mol. The molecule has 0 heterocycles. The SMILES string of the molecule is Cc1c(S)ccc2c1CCCC2. The van der Waals surface area contributed by atoms with Gasteiger partial charge in [0.2, 0.25) is 0 Å². The van der Waals surface area contributed by atoms with E-state index >= 15 is 0 Å². The maximum atomic E-state index is 4.43. The molecule has 0 fully saturated rings. The molecule has 0 saturated heterocycles. The van der Waals surface area contributed by atoms with Crippen LogP contribution in [-0.4, -0.2) is 0 Å². The van der Waals surface area contributed by atoms with Crippen molar-refractivity contribution in [2.75, 3.05) is 0 Å². The van der Waals surface area contributed by atoms with Crippen LogP contribution in [-0.2, 0) is 12.8 Å². The van der Waals surface area contributed by atoms with E-state index in [2.05, 4.69) is 31.7 Å². The fraction of sp³-hybridized carbons (Fsp3) is 0.455. The van der Waals surface area contributed by atoms with Gasteiger partial charge in [0.15, 0.2) is 0 Å². The highest BCUT2D eigenvalue weighted by Gasteiger charge is 2.11. The maximum absolute atomic E-state index is 4.43. The summed E-state index contributed by atoms with van der Waals surface area (Å²) in [5.41, 5.74) is 4.51. The van der Waals surface area contributed by atoms with Crippen LogP contribution in [0, 0.1) is 6.92 Å². The highest BCUT2D eigenvalue weighted by Crippen LogP contribution is 2.27. The lowest BCUT2D eigenvalue weighted by Crippen LogP contribution is -2.04. The molecule has 0 saturated carbocycles. The molecule has 0 atom stereocenters. The minimum Gasteiger partial charge on any atom is -0.143 e. The minimum atomic E-state index is 1.15. The lowest BCUT2D eigenvalue weighted by molar-refractivity contribution is 0.679. The summed E-state index contributed by atoms with van der Waals surface area (Å²) in [6, 6.07) is 4.37. The Balaban J connectivity index is 2.54. The van der Waals surface area contributed by atoms with Crippen LogP contribution >= 0.6 is 12.6 Å². The number of fused-ring (bicyclic) bond motifs is 1. The predicted molar refractivity (Wildman–Crippen MR) is 55.1 cm³/mol. The maximum Gasteiger partial charge on any atom is 0.00721 e. The third-order valence-corrected chi connectivity index (χ3v) is 3.27. The molecule has 0 spiro atoms. The summed E-state index contributed by atoms with van der Waals surface area (Å²) in [6.45, 7) is 2.19. The molecule has 1 heteroatoms. The minimum absolute atomic E-state index is 1.15. The first-order chi connectivity index (χ1) is 5.79. The average Bonchev–Trinajstić information content (AvgIpc) is 2.12. The molecule has 0 aliphatic heterocycles. The summed E-state index contributed by atoms with van der Waals surface area (Å²) in [4.78, 5) is 1.15. The van der Waals surface area contributed by atoms with Crippen LogP contribution in [0.15, 0.2) is 17.0 Å². The molecule has 0 radical (unpaired) electrons. The first kappa shape index (κ1) is 8.18. The molecular formula is C11H14S. The molecule has 1 aliphatic rings. The third-order valence-electron chi connectivity index (χ3n) is 2.79. The number of hydrogen-bond acceptors (Lipinski definition) is 1. The molecule has 64 valence electrons. The van der Waals surface area contributed by atoms with Crippen LogP contribution in [0.4, 0.5) is 0 Å². The Bertz CT molecular complexity index is 302. The van der Waals surface area contributed by atoms with Crippen molar-refractivity contribution in [1.29, 1.82) is 0 Å². The van der Waals surface area contributed by atoms with Crippen molar-refractivity contribution in [1.82, 2.24) is 0 Å². The van der Waals surface area contributed by atoms with Crippen molar-refractivity contribution in [3.05, 3.63) is 28.8 Å². The normalized spacial score (nSPS) is 15.8. The smallest absolute Gasteiger partial charge is 0.00721 e. The van der Waals surface area contributed by atoms with Gasteiger partial charge in [0.05, 0.1) is 0 Å². The third kappa shape index (κ3) is 1.27. The van der Waals surface area contributed by atoms with Crippen LogP contribution in [0.2, 0.25) is 0 Å². The van der Waals surface area contributed by atoms with Gasteiger partial charge in [-0.15, -0.1) is 12.6 Å². The van der Waals surface area contributed by atoms with Crippen LogP contribution < -0.4 is 0 Å². The van der Waals surface area contributed by atoms with Gasteiger partial charge in [0.25, 0.3) is 0 Å². The van der Waals surface area contributed by atoms with E-state index in [1.54, 1.807) is 11.1 Å². The number of hydrogen-bond donors (Lipinski definition) is 1. The molecule has 0 aromatic heterocycles. The van der Waals surface area contributed by atoms with Gasteiger partial charge in [-0.2, -0.15) is 0 Å². The Labute approximate surface area is 79.4 Å². The number of aryl methyl sites for hydroxylation is 1. The second-order valence-electron chi connectivity index (χ2n) is 3.55. The van der Waals surface area contributed by atoms with E-state index in [0.29, 0.717) is 0 Å². The lowest BCUT2D eigenvalue weighted by atomic mass is 9.89. The van der Waals surface area contributed by atoms with Gasteiger partial charge in [-0.25, -0.2) is 0 Å². The molecule has 1 aromatic carbocycles. The van der Waals surface area contributed by atoms with Gasteiger partial charge in [-0.05, 0) is 55.4 Å². The van der Waals surface area contributed by atoms with Crippen molar-refractivity contribution in [2.24, 2.45) is 0 Å². The van der Waals surface area contributed by atoms with Crippen LogP contribution in [0.5, 0.6) is 0 Å². The number of thiol groups is 1. The first-order valence-electron chi connectivity index (χ1n) is 4.59. The topological polar surface area (TPSA) is 0 Å². The largest absolute Gasteiger partial charge is 0.143 e.